The van der Waals surface area contributed by atoms with Crippen molar-refractivity contribution < 1.29 is 4.74 Å². The lowest BCUT2D eigenvalue weighted by Crippen LogP contribution is -2.21. The van der Waals surface area contributed by atoms with E-state index in [0.717, 1.165) is 30.0 Å². The number of hydrogen-bond acceptors (Lipinski definition) is 3. The van der Waals surface area contributed by atoms with Gasteiger partial charge in [-0.1, -0.05) is 24.8 Å². The molecule has 0 bridgehead atoms. The van der Waals surface area contributed by atoms with Crippen LogP contribution >= 0.6 is 0 Å². The molecule has 0 saturated heterocycles. The highest BCUT2D eigenvalue weighted by molar-refractivity contribution is 5.75. The third-order valence-electron chi connectivity index (χ3n) is 3.45. The van der Waals surface area contributed by atoms with Crippen molar-refractivity contribution in [2.45, 2.75) is 13.8 Å². The third-order valence-corrected chi connectivity index (χ3v) is 3.45. The number of benzene rings is 1. The Bertz CT molecular complexity index is 567. The van der Waals surface area contributed by atoms with Crippen LogP contribution in [0.1, 0.15) is 19.4 Å². The highest BCUT2D eigenvalue weighted by Gasteiger charge is 2.06. The van der Waals surface area contributed by atoms with Gasteiger partial charge in [-0.3, -0.25) is 4.99 Å². The average molecular weight is 298 g/mol. The van der Waals surface area contributed by atoms with Gasteiger partial charge in [-0.15, -0.1) is 0 Å². The van der Waals surface area contributed by atoms with E-state index in [9.17, 15) is 0 Å². The average Bonchev–Trinajstić information content (AvgIpc) is 2.56. The number of anilines is 1. The lowest BCUT2D eigenvalue weighted by atomic mass is 10.1. The van der Waals surface area contributed by atoms with Crippen LogP contribution in [-0.4, -0.2) is 33.5 Å². The van der Waals surface area contributed by atoms with Gasteiger partial charge in [0.2, 0.25) is 0 Å². The summed E-state index contributed by atoms with van der Waals surface area (Å²) in [4.78, 5) is 6.24. The molecule has 0 aliphatic rings. The minimum absolute atomic E-state index is 0.869. The summed E-state index contributed by atoms with van der Waals surface area (Å²) < 4.78 is 5.52. The number of methoxy groups -OCH3 is 1. The first kappa shape index (κ1) is 17.8. The number of ether oxygens (including phenoxy) is 1. The Morgan fingerprint density at radius 2 is 2.05 bits per heavy atom. The zero-order valence-electron chi connectivity index (χ0n) is 14.0. The molecule has 0 spiro atoms. The van der Waals surface area contributed by atoms with Gasteiger partial charge >= 0.3 is 0 Å². The van der Waals surface area contributed by atoms with Crippen molar-refractivity contribution in [2.24, 2.45) is 4.99 Å². The topological polar surface area (TPSA) is 24.8 Å². The minimum atomic E-state index is 0.869. The Hall–Kier alpha value is -2.29. The quantitative estimate of drug-likeness (QED) is 0.526. The van der Waals surface area contributed by atoms with Crippen LogP contribution in [0, 0.1) is 0 Å². The van der Waals surface area contributed by atoms with Crippen LogP contribution in [-0.2, 0) is 0 Å². The largest absolute Gasteiger partial charge is 0.496 e. The Morgan fingerprint density at radius 1 is 1.32 bits per heavy atom. The minimum Gasteiger partial charge on any atom is -0.496 e. The SMILES string of the molecule is C=CC(/C=C/c1ccc(N(CC)CC)cc1OC)=C\C=NC. The van der Waals surface area contributed by atoms with Gasteiger partial charge in [0.05, 0.1) is 7.11 Å². The molecular weight excluding hydrogens is 272 g/mol. The van der Waals surface area contributed by atoms with E-state index in [1.807, 2.05) is 18.2 Å². The van der Waals surface area contributed by atoms with E-state index in [4.69, 9.17) is 4.74 Å². The van der Waals surface area contributed by atoms with E-state index < -0.39 is 0 Å². The molecule has 0 amide bonds. The zero-order valence-corrected chi connectivity index (χ0v) is 14.0. The second-order valence-electron chi connectivity index (χ2n) is 4.71. The first-order chi connectivity index (χ1) is 10.7. The summed E-state index contributed by atoms with van der Waals surface area (Å²) in [5.74, 6) is 0.869. The summed E-state index contributed by atoms with van der Waals surface area (Å²) >= 11 is 0. The summed E-state index contributed by atoms with van der Waals surface area (Å²) in [5.41, 5.74) is 3.22. The lowest BCUT2D eigenvalue weighted by molar-refractivity contribution is 0.414. The van der Waals surface area contributed by atoms with Gasteiger partial charge in [0, 0.05) is 43.7 Å². The van der Waals surface area contributed by atoms with Crippen LogP contribution in [0.15, 0.2) is 53.6 Å². The van der Waals surface area contributed by atoms with E-state index in [0.29, 0.717) is 0 Å². The molecule has 0 aromatic heterocycles. The van der Waals surface area contributed by atoms with Crippen molar-refractivity contribution >= 4 is 18.0 Å². The number of aliphatic imine (C=N–C) groups is 1. The maximum absolute atomic E-state index is 5.52. The van der Waals surface area contributed by atoms with Crippen LogP contribution in [0.5, 0.6) is 5.75 Å². The van der Waals surface area contributed by atoms with Gasteiger partial charge in [-0.25, -0.2) is 0 Å². The fourth-order valence-corrected chi connectivity index (χ4v) is 2.16. The number of nitrogens with zero attached hydrogens (tertiary/aromatic N) is 2. The van der Waals surface area contributed by atoms with Crippen molar-refractivity contribution in [3.05, 3.63) is 54.1 Å². The van der Waals surface area contributed by atoms with E-state index in [2.05, 4.69) is 48.5 Å². The summed E-state index contributed by atoms with van der Waals surface area (Å²) in [7, 11) is 3.45. The van der Waals surface area contributed by atoms with Gasteiger partial charge in [0.15, 0.2) is 0 Å². The molecule has 0 aliphatic heterocycles. The fraction of sp³-hybridized carbons (Fsp3) is 0.316. The summed E-state index contributed by atoms with van der Waals surface area (Å²) in [6.07, 6.45) is 9.50. The molecule has 1 aromatic rings. The second kappa shape index (κ2) is 9.61. The molecule has 0 atom stereocenters. The van der Waals surface area contributed by atoms with Crippen LogP contribution in [0.4, 0.5) is 5.69 Å². The maximum atomic E-state index is 5.52. The van der Waals surface area contributed by atoms with Crippen molar-refractivity contribution in [1.82, 2.24) is 0 Å². The molecule has 0 saturated carbocycles. The molecule has 0 N–H and O–H groups in total. The summed E-state index contributed by atoms with van der Waals surface area (Å²) in [5, 5.41) is 0. The Balaban J connectivity index is 3.07. The van der Waals surface area contributed by atoms with Crippen molar-refractivity contribution in [1.29, 1.82) is 0 Å². The molecule has 0 radical (unpaired) electrons. The molecule has 0 heterocycles. The first-order valence-corrected chi connectivity index (χ1v) is 7.56. The van der Waals surface area contributed by atoms with Crippen LogP contribution in [0.3, 0.4) is 0 Å². The fourth-order valence-electron chi connectivity index (χ4n) is 2.16. The summed E-state index contributed by atoms with van der Waals surface area (Å²) in [6.45, 7) is 10.1. The predicted molar refractivity (Wildman–Crippen MR) is 98.3 cm³/mol. The van der Waals surface area contributed by atoms with E-state index >= 15 is 0 Å². The van der Waals surface area contributed by atoms with Crippen LogP contribution in [0.2, 0.25) is 0 Å². The predicted octanol–water partition coefficient (Wildman–Crippen LogP) is 4.37. The van der Waals surface area contributed by atoms with Crippen molar-refractivity contribution in [3.8, 4) is 5.75 Å². The van der Waals surface area contributed by atoms with Gasteiger partial charge in [0.1, 0.15) is 5.75 Å². The normalized spacial score (nSPS) is 12.1. The summed E-state index contributed by atoms with van der Waals surface area (Å²) in [6, 6.07) is 6.29. The smallest absolute Gasteiger partial charge is 0.128 e. The van der Waals surface area contributed by atoms with Gasteiger partial charge in [0.25, 0.3) is 0 Å². The zero-order chi connectivity index (χ0) is 16.4. The molecule has 0 unspecified atom stereocenters. The Kier molecular flexibility index (Phi) is 7.76. The molecular formula is C19H26N2O. The van der Waals surface area contributed by atoms with Gasteiger partial charge in [-0.2, -0.15) is 0 Å². The molecule has 1 aromatic carbocycles. The van der Waals surface area contributed by atoms with Crippen molar-refractivity contribution in [2.75, 3.05) is 32.1 Å². The highest BCUT2D eigenvalue weighted by Crippen LogP contribution is 2.27. The highest BCUT2D eigenvalue weighted by atomic mass is 16.5. The molecule has 22 heavy (non-hydrogen) atoms. The van der Waals surface area contributed by atoms with Crippen molar-refractivity contribution in [3.63, 3.8) is 0 Å². The number of rotatable bonds is 8. The molecule has 3 heteroatoms. The van der Waals surface area contributed by atoms with E-state index in [1.54, 1.807) is 26.4 Å². The molecule has 0 aliphatic carbocycles. The van der Waals surface area contributed by atoms with E-state index in [1.165, 1.54) is 5.69 Å². The molecule has 118 valence electrons. The number of hydrogen-bond donors (Lipinski definition) is 0. The third kappa shape index (κ3) is 4.92. The van der Waals surface area contributed by atoms with Crippen LogP contribution in [0.25, 0.3) is 6.08 Å². The maximum Gasteiger partial charge on any atom is 0.128 e. The lowest BCUT2D eigenvalue weighted by Gasteiger charge is -2.22. The van der Waals surface area contributed by atoms with Crippen LogP contribution < -0.4 is 9.64 Å². The van der Waals surface area contributed by atoms with E-state index in [-0.39, 0.29) is 0 Å². The van der Waals surface area contributed by atoms with Gasteiger partial charge in [-0.05, 0) is 37.6 Å². The molecule has 1 rings (SSSR count). The molecule has 0 fully saturated rings. The Morgan fingerprint density at radius 3 is 2.59 bits per heavy atom. The first-order valence-electron chi connectivity index (χ1n) is 7.56. The standard InChI is InChI=1S/C19H26N2O/c1-6-16(13-14-20-4)9-10-17-11-12-18(15-19(17)22-5)21(7-2)8-3/h6,9-15H,1,7-8H2,2-5H3/b10-9+,16-13+,20-14?. The second-order valence-corrected chi connectivity index (χ2v) is 4.71. The monoisotopic (exact) mass is 298 g/mol. The van der Waals surface area contributed by atoms with Gasteiger partial charge < -0.3 is 9.64 Å². The Labute approximate surface area is 134 Å². The molecule has 3 nitrogen and oxygen atoms in total. The number of allylic oxidation sites excluding steroid dienone is 4.